The quantitative estimate of drug-likeness (QED) is 0.350. The van der Waals surface area contributed by atoms with Gasteiger partial charge in [0.25, 0.3) is 5.91 Å². The molecule has 1 aliphatic heterocycles. The number of nitrogens with two attached hydrogens (primary N) is 1. The summed E-state index contributed by atoms with van der Waals surface area (Å²) in [5.74, 6) is -0.119. The van der Waals surface area contributed by atoms with E-state index in [1.54, 1.807) is 29.7 Å². The lowest BCUT2D eigenvalue weighted by Gasteiger charge is -2.30. The van der Waals surface area contributed by atoms with Crippen molar-refractivity contribution in [2.75, 3.05) is 6.54 Å². The lowest BCUT2D eigenvalue weighted by atomic mass is 9.89. The van der Waals surface area contributed by atoms with E-state index >= 15 is 0 Å². The molecule has 0 bridgehead atoms. The highest BCUT2D eigenvalue weighted by Crippen LogP contribution is 2.34. The van der Waals surface area contributed by atoms with Crippen LogP contribution in [-0.4, -0.2) is 39.5 Å². The molecule has 2 amide bonds. The minimum absolute atomic E-state index is 0.163. The van der Waals surface area contributed by atoms with E-state index in [2.05, 4.69) is 4.98 Å². The first kappa shape index (κ1) is 23.7. The molecule has 1 saturated heterocycles. The zero-order valence-corrected chi connectivity index (χ0v) is 19.4. The standard InChI is InChI=1S/C26H30N4O4/c1-17(2)15-23(24(31)29-33)30-14-13-26(27,25(30)32)19-8-11-21(12-9-19)34-16-20-10-7-18-5-3-4-6-22(18)28-20/h3-12,17,23,33H,13-16,27H2,1-2H3,(H,29,31)/t23?,26-/m1/s1. The predicted octanol–water partition coefficient (Wildman–Crippen LogP) is 3.12. The van der Waals surface area contributed by atoms with Gasteiger partial charge in [0.1, 0.15) is 23.9 Å². The number of aromatic nitrogens is 1. The van der Waals surface area contributed by atoms with Crippen LogP contribution in [0.3, 0.4) is 0 Å². The Hall–Kier alpha value is -3.49. The second kappa shape index (κ2) is 9.79. The van der Waals surface area contributed by atoms with Crippen LogP contribution in [0.5, 0.6) is 5.75 Å². The van der Waals surface area contributed by atoms with Gasteiger partial charge in [0.05, 0.1) is 11.2 Å². The fraction of sp³-hybridized carbons (Fsp3) is 0.346. The molecule has 0 spiro atoms. The van der Waals surface area contributed by atoms with Crippen LogP contribution in [-0.2, 0) is 21.7 Å². The molecule has 8 nitrogen and oxygen atoms in total. The maximum atomic E-state index is 13.3. The molecule has 0 saturated carbocycles. The van der Waals surface area contributed by atoms with E-state index in [1.807, 2.05) is 50.2 Å². The van der Waals surface area contributed by atoms with E-state index in [9.17, 15) is 9.59 Å². The van der Waals surface area contributed by atoms with Gasteiger partial charge in [-0.1, -0.05) is 50.2 Å². The molecule has 1 fully saturated rings. The van der Waals surface area contributed by atoms with Crippen molar-refractivity contribution in [3.63, 3.8) is 0 Å². The zero-order valence-electron chi connectivity index (χ0n) is 19.4. The molecule has 1 aromatic heterocycles. The fourth-order valence-electron chi connectivity index (χ4n) is 4.42. The highest BCUT2D eigenvalue weighted by molar-refractivity contribution is 5.94. The third kappa shape index (κ3) is 4.73. The third-order valence-electron chi connectivity index (χ3n) is 6.29. The molecule has 4 N–H and O–H groups in total. The Labute approximate surface area is 198 Å². The number of nitrogens with zero attached hydrogens (tertiary/aromatic N) is 2. The van der Waals surface area contributed by atoms with Crippen molar-refractivity contribution in [2.24, 2.45) is 11.7 Å². The maximum absolute atomic E-state index is 13.3. The number of hydrogen-bond donors (Lipinski definition) is 3. The zero-order chi connectivity index (χ0) is 24.3. The Morgan fingerprint density at radius 2 is 1.91 bits per heavy atom. The average molecular weight is 463 g/mol. The van der Waals surface area contributed by atoms with Crippen LogP contribution in [0, 0.1) is 5.92 Å². The minimum Gasteiger partial charge on any atom is -0.487 e. The second-order valence-corrected chi connectivity index (χ2v) is 9.15. The van der Waals surface area contributed by atoms with Gasteiger partial charge in [-0.05, 0) is 48.6 Å². The summed E-state index contributed by atoms with van der Waals surface area (Å²) in [6, 6.07) is 18.2. The third-order valence-corrected chi connectivity index (χ3v) is 6.29. The molecule has 2 aromatic carbocycles. The smallest absolute Gasteiger partial charge is 0.266 e. The number of para-hydroxylation sites is 1. The van der Waals surface area contributed by atoms with Gasteiger partial charge in [-0.2, -0.15) is 0 Å². The lowest BCUT2D eigenvalue weighted by Crippen LogP contribution is -2.52. The van der Waals surface area contributed by atoms with Crippen molar-refractivity contribution in [1.29, 1.82) is 0 Å². The number of ether oxygens (including phenoxy) is 1. The topological polar surface area (TPSA) is 118 Å². The highest BCUT2D eigenvalue weighted by atomic mass is 16.5. The van der Waals surface area contributed by atoms with Gasteiger partial charge in [-0.25, -0.2) is 10.5 Å². The van der Waals surface area contributed by atoms with Gasteiger partial charge in [0.2, 0.25) is 5.91 Å². The number of hydrogen-bond acceptors (Lipinski definition) is 6. The van der Waals surface area contributed by atoms with Crippen molar-refractivity contribution in [3.8, 4) is 5.75 Å². The predicted molar refractivity (Wildman–Crippen MR) is 128 cm³/mol. The highest BCUT2D eigenvalue weighted by Gasteiger charge is 2.48. The number of hydroxylamine groups is 1. The van der Waals surface area contributed by atoms with Crippen LogP contribution in [0.4, 0.5) is 0 Å². The molecule has 4 rings (SSSR count). The Balaban J connectivity index is 1.45. The lowest BCUT2D eigenvalue weighted by molar-refractivity contribution is -0.144. The minimum atomic E-state index is -1.23. The van der Waals surface area contributed by atoms with E-state index in [1.165, 1.54) is 4.90 Å². The summed E-state index contributed by atoms with van der Waals surface area (Å²) in [4.78, 5) is 31.6. The fourth-order valence-corrected chi connectivity index (χ4v) is 4.42. The number of nitrogens with one attached hydrogen (secondary N) is 1. The molecule has 0 aliphatic carbocycles. The van der Waals surface area contributed by atoms with Gasteiger partial charge >= 0.3 is 0 Å². The van der Waals surface area contributed by atoms with Crippen LogP contribution in [0.1, 0.15) is 37.9 Å². The molecule has 34 heavy (non-hydrogen) atoms. The summed E-state index contributed by atoms with van der Waals surface area (Å²) in [6.07, 6.45) is 0.810. The molecule has 2 atom stereocenters. The van der Waals surface area contributed by atoms with E-state index in [0.717, 1.165) is 16.6 Å². The summed E-state index contributed by atoms with van der Waals surface area (Å²) in [5.41, 5.74) is 9.40. The number of rotatable bonds is 8. The normalized spacial score (nSPS) is 19.0. The number of benzene rings is 2. The number of amides is 2. The number of pyridine rings is 1. The van der Waals surface area contributed by atoms with Crippen molar-refractivity contribution in [1.82, 2.24) is 15.4 Å². The van der Waals surface area contributed by atoms with Gasteiger partial charge < -0.3 is 15.4 Å². The number of fused-ring (bicyclic) bond motifs is 1. The van der Waals surface area contributed by atoms with E-state index in [4.69, 9.17) is 15.7 Å². The molecular formula is C26H30N4O4. The first-order valence-electron chi connectivity index (χ1n) is 11.4. The van der Waals surface area contributed by atoms with Crippen LogP contribution in [0.2, 0.25) is 0 Å². The molecule has 178 valence electrons. The van der Waals surface area contributed by atoms with Crippen molar-refractivity contribution < 1.29 is 19.5 Å². The Bertz CT molecular complexity index is 1180. The summed E-state index contributed by atoms with van der Waals surface area (Å²) in [6.45, 7) is 4.57. The molecule has 0 radical (unpaired) electrons. The molecular weight excluding hydrogens is 432 g/mol. The summed E-state index contributed by atoms with van der Waals surface area (Å²) >= 11 is 0. The number of likely N-dealkylation sites (tertiary alicyclic amines) is 1. The van der Waals surface area contributed by atoms with Crippen LogP contribution in [0.15, 0.2) is 60.7 Å². The first-order valence-corrected chi connectivity index (χ1v) is 11.4. The monoisotopic (exact) mass is 462 g/mol. The van der Waals surface area contributed by atoms with Crippen molar-refractivity contribution in [2.45, 2.75) is 44.9 Å². The Morgan fingerprint density at radius 1 is 1.18 bits per heavy atom. The van der Waals surface area contributed by atoms with E-state index < -0.39 is 17.5 Å². The van der Waals surface area contributed by atoms with Crippen LogP contribution in [0.25, 0.3) is 10.9 Å². The van der Waals surface area contributed by atoms with E-state index in [-0.39, 0.29) is 11.8 Å². The molecule has 8 heteroatoms. The summed E-state index contributed by atoms with van der Waals surface area (Å²) in [5, 5.41) is 10.2. The average Bonchev–Trinajstić information content (AvgIpc) is 3.15. The molecule has 1 unspecified atom stereocenters. The molecule has 2 heterocycles. The van der Waals surface area contributed by atoms with Gasteiger partial charge in [0, 0.05) is 11.9 Å². The second-order valence-electron chi connectivity index (χ2n) is 9.15. The SMILES string of the molecule is CC(C)CC(C(=O)NO)N1CC[C@@](N)(c2ccc(OCc3ccc4ccccc4n3)cc2)C1=O. The maximum Gasteiger partial charge on any atom is 0.266 e. The number of carbonyl (C=O) groups is 2. The largest absolute Gasteiger partial charge is 0.487 e. The summed E-state index contributed by atoms with van der Waals surface area (Å²) < 4.78 is 5.89. The molecule has 3 aromatic rings. The van der Waals surface area contributed by atoms with Crippen LogP contribution >= 0.6 is 0 Å². The first-order chi connectivity index (χ1) is 16.3. The van der Waals surface area contributed by atoms with Gasteiger partial charge in [-0.3, -0.25) is 14.8 Å². The Morgan fingerprint density at radius 3 is 2.62 bits per heavy atom. The number of carbonyl (C=O) groups excluding carboxylic acids is 2. The van der Waals surface area contributed by atoms with Crippen molar-refractivity contribution >= 4 is 22.7 Å². The van der Waals surface area contributed by atoms with Gasteiger partial charge in [-0.15, -0.1) is 0 Å². The van der Waals surface area contributed by atoms with Gasteiger partial charge in [0.15, 0.2) is 0 Å². The van der Waals surface area contributed by atoms with Crippen LogP contribution < -0.4 is 16.0 Å². The van der Waals surface area contributed by atoms with Crippen molar-refractivity contribution in [3.05, 3.63) is 71.9 Å². The molecule has 1 aliphatic rings. The van der Waals surface area contributed by atoms with E-state index in [0.29, 0.717) is 37.3 Å². The summed E-state index contributed by atoms with van der Waals surface area (Å²) in [7, 11) is 0. The Kier molecular flexibility index (Phi) is 6.81.